The maximum absolute atomic E-state index is 12.7. The fourth-order valence-corrected chi connectivity index (χ4v) is 5.16. The molecule has 0 saturated carbocycles. The zero-order valence-electron chi connectivity index (χ0n) is 26.9. The predicted molar refractivity (Wildman–Crippen MR) is 179 cm³/mol. The average molecular weight is 668 g/mol. The van der Waals surface area contributed by atoms with Gasteiger partial charge in [0.05, 0.1) is 36.5 Å². The molecule has 3 amide bonds. The van der Waals surface area contributed by atoms with Gasteiger partial charge in [-0.2, -0.15) is 5.10 Å². The largest absolute Gasteiger partial charge is 0.493 e. The molecule has 0 spiro atoms. The quantitative estimate of drug-likeness (QED) is 0.0761. The monoisotopic (exact) mass is 667 g/mol. The van der Waals surface area contributed by atoms with E-state index in [2.05, 4.69) is 21.2 Å². The molecule has 0 radical (unpaired) electrons. The van der Waals surface area contributed by atoms with Gasteiger partial charge in [0, 0.05) is 23.4 Å². The summed E-state index contributed by atoms with van der Waals surface area (Å²) in [5, 5.41) is 22.2. The van der Waals surface area contributed by atoms with Crippen LogP contribution in [0.4, 0.5) is 10.5 Å². The number of esters is 1. The van der Waals surface area contributed by atoms with Gasteiger partial charge in [0.15, 0.2) is 18.1 Å². The Balaban J connectivity index is 1.26. The number of nitrogens with zero attached hydrogens (tertiary/aromatic N) is 2. The molecule has 1 heterocycles. The van der Waals surface area contributed by atoms with E-state index in [1.165, 1.54) is 25.5 Å². The number of nitrogens with one attached hydrogen (secondary N) is 3. The number of methoxy groups -OCH3 is 1. The molecule has 1 aliphatic heterocycles. The molecule has 1 atom stereocenters. The van der Waals surface area contributed by atoms with Crippen LogP contribution in [0.25, 0.3) is 10.8 Å². The Hall–Kier alpha value is -6.44. The zero-order chi connectivity index (χ0) is 34.9. The fourth-order valence-electron chi connectivity index (χ4n) is 5.16. The smallest absolute Gasteiger partial charge is 0.338 e. The topological polar surface area (TPSA) is 180 Å². The number of carbonyl (C=O) groups excluding carboxylic acids is 3. The van der Waals surface area contributed by atoms with Gasteiger partial charge in [0.1, 0.15) is 12.4 Å². The van der Waals surface area contributed by atoms with E-state index in [4.69, 9.17) is 18.9 Å². The SMILES string of the molecule is CCOC(=O)C1=C(C)NC(=O)N[C@@H]1c1ccc(OCC(=O)N/N=C/c2c(OCc3ccc([N+](=O)[O-])cc3)ccc3ccccc23)c(OC)c1. The minimum Gasteiger partial charge on any atom is -0.493 e. The number of urea groups is 1. The average Bonchev–Trinajstić information content (AvgIpc) is 3.10. The highest BCUT2D eigenvalue weighted by Crippen LogP contribution is 2.35. The second-order valence-corrected chi connectivity index (χ2v) is 10.7. The lowest BCUT2D eigenvalue weighted by molar-refractivity contribution is -0.384. The second kappa shape index (κ2) is 15.4. The molecule has 3 N–H and O–H groups in total. The van der Waals surface area contributed by atoms with E-state index in [1.807, 2.05) is 30.3 Å². The predicted octanol–water partition coefficient (Wildman–Crippen LogP) is 5.06. The van der Waals surface area contributed by atoms with Crippen LogP contribution in [0.1, 0.15) is 36.6 Å². The van der Waals surface area contributed by atoms with Gasteiger partial charge < -0.3 is 29.6 Å². The van der Waals surface area contributed by atoms with Crippen LogP contribution >= 0.6 is 0 Å². The Morgan fingerprint density at radius 3 is 2.49 bits per heavy atom. The van der Waals surface area contributed by atoms with E-state index in [-0.39, 0.29) is 36.0 Å². The summed E-state index contributed by atoms with van der Waals surface area (Å²) in [6, 6.07) is 20.9. The van der Waals surface area contributed by atoms with Crippen LogP contribution < -0.4 is 30.3 Å². The van der Waals surface area contributed by atoms with Gasteiger partial charge >= 0.3 is 12.0 Å². The normalized spacial score (nSPS) is 14.2. The molecule has 14 nitrogen and oxygen atoms in total. The second-order valence-electron chi connectivity index (χ2n) is 10.7. The van der Waals surface area contributed by atoms with E-state index in [9.17, 15) is 24.5 Å². The summed E-state index contributed by atoms with van der Waals surface area (Å²) >= 11 is 0. The van der Waals surface area contributed by atoms with Crippen molar-refractivity contribution in [1.29, 1.82) is 0 Å². The van der Waals surface area contributed by atoms with Crippen LogP contribution in [0.2, 0.25) is 0 Å². The zero-order valence-corrected chi connectivity index (χ0v) is 26.9. The summed E-state index contributed by atoms with van der Waals surface area (Å²) in [6.45, 7) is 3.23. The van der Waals surface area contributed by atoms with Gasteiger partial charge in [-0.3, -0.25) is 14.9 Å². The van der Waals surface area contributed by atoms with Gasteiger partial charge in [-0.15, -0.1) is 0 Å². The van der Waals surface area contributed by atoms with Crippen molar-refractivity contribution >= 4 is 40.6 Å². The van der Waals surface area contributed by atoms with Crippen LogP contribution in [0.5, 0.6) is 17.2 Å². The highest BCUT2D eigenvalue weighted by molar-refractivity contribution is 6.02. The van der Waals surface area contributed by atoms with Gasteiger partial charge in [0.25, 0.3) is 11.6 Å². The first-order valence-corrected chi connectivity index (χ1v) is 15.1. The van der Waals surface area contributed by atoms with Gasteiger partial charge in [-0.25, -0.2) is 15.0 Å². The summed E-state index contributed by atoms with van der Waals surface area (Å²) in [7, 11) is 1.43. The van der Waals surface area contributed by atoms with E-state index in [0.717, 1.165) is 16.3 Å². The number of hydrogen-bond acceptors (Lipinski definition) is 10. The number of non-ortho nitro benzene ring substituents is 1. The van der Waals surface area contributed by atoms with Crippen LogP contribution in [0.3, 0.4) is 0 Å². The number of rotatable bonds is 13. The number of amides is 3. The van der Waals surface area contributed by atoms with Gasteiger partial charge in [-0.05, 0) is 66.1 Å². The number of benzene rings is 4. The van der Waals surface area contributed by atoms with Crippen molar-refractivity contribution in [2.24, 2.45) is 5.10 Å². The van der Waals surface area contributed by atoms with Crippen molar-refractivity contribution in [3.8, 4) is 17.2 Å². The minimum absolute atomic E-state index is 0.0122. The summed E-state index contributed by atoms with van der Waals surface area (Å²) in [5.41, 5.74) is 4.96. The maximum Gasteiger partial charge on any atom is 0.338 e. The van der Waals surface area contributed by atoms with E-state index in [1.54, 1.807) is 50.2 Å². The molecule has 0 unspecified atom stereocenters. The number of nitro benzene ring substituents is 1. The number of allylic oxidation sites excluding steroid dienone is 1. The Morgan fingerprint density at radius 2 is 1.76 bits per heavy atom. The van der Waals surface area contributed by atoms with Crippen molar-refractivity contribution in [2.45, 2.75) is 26.5 Å². The van der Waals surface area contributed by atoms with Crippen LogP contribution in [0, 0.1) is 10.1 Å². The summed E-state index contributed by atoms with van der Waals surface area (Å²) in [5.74, 6) is -0.101. The summed E-state index contributed by atoms with van der Waals surface area (Å²) < 4.78 is 22.4. The Bertz CT molecular complexity index is 1960. The Kier molecular flexibility index (Phi) is 10.7. The van der Waals surface area contributed by atoms with Gasteiger partial charge in [0.2, 0.25) is 0 Å². The Morgan fingerprint density at radius 1 is 1.00 bits per heavy atom. The minimum atomic E-state index is -0.801. The number of fused-ring (bicyclic) bond motifs is 1. The van der Waals surface area contributed by atoms with Crippen LogP contribution in [-0.2, 0) is 20.9 Å². The molecule has 14 heteroatoms. The molecule has 49 heavy (non-hydrogen) atoms. The van der Waals surface area contributed by atoms with Crippen molar-refractivity contribution in [2.75, 3.05) is 20.3 Å². The Labute approximate surface area is 280 Å². The lowest BCUT2D eigenvalue weighted by Crippen LogP contribution is -2.45. The molecule has 1 aliphatic rings. The lowest BCUT2D eigenvalue weighted by Gasteiger charge is -2.28. The summed E-state index contributed by atoms with van der Waals surface area (Å²) in [4.78, 5) is 48.1. The maximum atomic E-state index is 12.7. The standard InChI is InChI=1S/C35H33N5O9/c1-4-47-34(42)32-21(2)37-35(43)38-33(32)24-12-16-29(30(17-24)46-3)49-20-31(41)39-36-18-27-26-8-6-5-7-23(26)11-15-28(27)48-19-22-9-13-25(14-10-22)40(44)45/h5-18,33H,4,19-20H2,1-3H3,(H,39,41)(H2,37,38,43)/b36-18+/t33-/m1/s1. The third kappa shape index (κ3) is 8.11. The lowest BCUT2D eigenvalue weighted by atomic mass is 9.95. The first kappa shape index (κ1) is 33.9. The molecular formula is C35H33N5O9. The molecule has 5 rings (SSSR count). The van der Waals surface area contributed by atoms with Crippen molar-refractivity contribution in [3.63, 3.8) is 0 Å². The molecule has 0 saturated heterocycles. The third-order valence-electron chi connectivity index (χ3n) is 7.50. The van der Waals surface area contributed by atoms with Crippen molar-refractivity contribution < 1.29 is 38.3 Å². The number of nitro groups is 1. The van der Waals surface area contributed by atoms with E-state index >= 15 is 0 Å². The molecular weight excluding hydrogens is 634 g/mol. The van der Waals surface area contributed by atoms with Gasteiger partial charge in [-0.1, -0.05) is 36.4 Å². The first-order chi connectivity index (χ1) is 23.7. The third-order valence-corrected chi connectivity index (χ3v) is 7.50. The highest BCUT2D eigenvalue weighted by atomic mass is 16.6. The molecule has 4 aromatic carbocycles. The van der Waals surface area contributed by atoms with Crippen molar-refractivity contribution in [3.05, 3.63) is 117 Å². The fraction of sp³-hybridized carbons (Fsp3) is 0.200. The van der Waals surface area contributed by atoms with Crippen LogP contribution in [0.15, 0.2) is 95.2 Å². The number of ether oxygens (including phenoxy) is 4. The molecule has 0 fully saturated rings. The van der Waals surface area contributed by atoms with E-state index < -0.39 is 35.5 Å². The number of hydrazone groups is 1. The van der Waals surface area contributed by atoms with Crippen LogP contribution in [-0.4, -0.2) is 49.4 Å². The molecule has 0 aromatic heterocycles. The molecule has 0 aliphatic carbocycles. The van der Waals surface area contributed by atoms with E-state index in [0.29, 0.717) is 22.6 Å². The molecule has 4 aromatic rings. The molecule has 0 bridgehead atoms. The van der Waals surface area contributed by atoms with Crippen molar-refractivity contribution in [1.82, 2.24) is 16.1 Å². The summed E-state index contributed by atoms with van der Waals surface area (Å²) in [6.07, 6.45) is 1.48. The number of carbonyl (C=O) groups is 3. The molecule has 252 valence electrons. The highest BCUT2D eigenvalue weighted by Gasteiger charge is 2.32. The number of hydrogen-bond donors (Lipinski definition) is 3. The first-order valence-electron chi connectivity index (χ1n) is 15.1.